The van der Waals surface area contributed by atoms with Gasteiger partial charge in [0, 0.05) is 30.6 Å². The summed E-state index contributed by atoms with van der Waals surface area (Å²) in [5.41, 5.74) is 2.96. The SMILES string of the molecule is C=CCn1c(SCC(=O)N2C[C@H](C)O[C@@H](C)C2)nc2scc(-c3ccc(C)cc3)c2c1=O. The zero-order chi connectivity index (χ0) is 22.8. The first-order chi connectivity index (χ1) is 15.4. The number of hydrogen-bond donors (Lipinski definition) is 0. The van der Waals surface area contributed by atoms with Gasteiger partial charge in [0.05, 0.1) is 23.3 Å². The molecule has 0 aliphatic carbocycles. The Hall–Kier alpha value is -2.42. The molecule has 6 nitrogen and oxygen atoms in total. The highest BCUT2D eigenvalue weighted by Crippen LogP contribution is 2.32. The molecule has 3 aromatic rings. The van der Waals surface area contributed by atoms with Crippen LogP contribution in [0.25, 0.3) is 21.3 Å². The van der Waals surface area contributed by atoms with Crippen molar-refractivity contribution >= 4 is 39.2 Å². The lowest BCUT2D eigenvalue weighted by atomic mass is 10.1. The number of carbonyl (C=O) groups excluding carboxylic acids is 1. The van der Waals surface area contributed by atoms with Gasteiger partial charge in [0.2, 0.25) is 5.91 Å². The Balaban J connectivity index is 1.64. The molecular weight excluding hydrogens is 442 g/mol. The molecule has 3 heterocycles. The fourth-order valence-corrected chi connectivity index (χ4v) is 5.85. The summed E-state index contributed by atoms with van der Waals surface area (Å²) in [6.45, 7) is 11.3. The molecule has 2 atom stereocenters. The summed E-state index contributed by atoms with van der Waals surface area (Å²) < 4.78 is 7.33. The zero-order valence-electron chi connectivity index (χ0n) is 18.5. The van der Waals surface area contributed by atoms with E-state index in [0.29, 0.717) is 35.0 Å². The average Bonchev–Trinajstić information content (AvgIpc) is 3.18. The van der Waals surface area contributed by atoms with Crippen LogP contribution in [-0.4, -0.2) is 51.4 Å². The predicted molar refractivity (Wildman–Crippen MR) is 132 cm³/mol. The molecule has 1 fully saturated rings. The quantitative estimate of drug-likeness (QED) is 0.305. The highest BCUT2D eigenvalue weighted by atomic mass is 32.2. The Labute approximate surface area is 195 Å². The lowest BCUT2D eigenvalue weighted by Gasteiger charge is -2.35. The molecule has 8 heteroatoms. The Morgan fingerprint density at radius 2 is 1.97 bits per heavy atom. The van der Waals surface area contributed by atoms with E-state index in [9.17, 15) is 9.59 Å². The van der Waals surface area contributed by atoms with Crippen LogP contribution >= 0.6 is 23.1 Å². The number of carbonyl (C=O) groups is 1. The second kappa shape index (κ2) is 9.60. The Kier molecular flexibility index (Phi) is 6.83. The lowest BCUT2D eigenvalue weighted by Crippen LogP contribution is -2.48. The molecule has 0 N–H and O–H groups in total. The topological polar surface area (TPSA) is 64.4 Å². The Bertz CT molecular complexity index is 1190. The van der Waals surface area contributed by atoms with Crippen LogP contribution < -0.4 is 5.56 Å². The van der Waals surface area contributed by atoms with Crippen molar-refractivity contribution in [1.82, 2.24) is 14.5 Å². The number of hydrogen-bond acceptors (Lipinski definition) is 6. The van der Waals surface area contributed by atoms with E-state index in [1.54, 1.807) is 10.6 Å². The lowest BCUT2D eigenvalue weighted by molar-refractivity contribution is -0.140. The van der Waals surface area contributed by atoms with Crippen LogP contribution in [0.4, 0.5) is 0 Å². The van der Waals surface area contributed by atoms with E-state index in [2.05, 4.69) is 6.58 Å². The highest BCUT2D eigenvalue weighted by molar-refractivity contribution is 7.99. The normalized spacial score (nSPS) is 18.8. The molecule has 0 spiro atoms. The molecule has 32 heavy (non-hydrogen) atoms. The molecule has 0 saturated carbocycles. The molecule has 0 unspecified atom stereocenters. The van der Waals surface area contributed by atoms with Crippen molar-refractivity contribution in [1.29, 1.82) is 0 Å². The van der Waals surface area contributed by atoms with Gasteiger partial charge in [-0.1, -0.05) is 47.7 Å². The van der Waals surface area contributed by atoms with Crippen LogP contribution in [0, 0.1) is 6.92 Å². The van der Waals surface area contributed by atoms with Crippen LogP contribution in [0.15, 0.2) is 52.3 Å². The van der Waals surface area contributed by atoms with Crippen molar-refractivity contribution in [2.75, 3.05) is 18.8 Å². The minimum absolute atomic E-state index is 0.0208. The molecule has 168 valence electrons. The predicted octanol–water partition coefficient (Wildman–Crippen LogP) is 4.35. The number of thiophene rings is 1. The van der Waals surface area contributed by atoms with Crippen LogP contribution in [0.2, 0.25) is 0 Å². The average molecular weight is 470 g/mol. The molecule has 1 aliphatic rings. The van der Waals surface area contributed by atoms with Crippen molar-refractivity contribution in [3.63, 3.8) is 0 Å². The summed E-state index contributed by atoms with van der Waals surface area (Å²) >= 11 is 2.76. The molecule has 1 amide bonds. The van der Waals surface area contributed by atoms with E-state index >= 15 is 0 Å². The summed E-state index contributed by atoms with van der Waals surface area (Å²) in [6.07, 6.45) is 1.73. The maximum absolute atomic E-state index is 13.5. The number of benzene rings is 1. The Morgan fingerprint density at radius 1 is 1.28 bits per heavy atom. The van der Waals surface area contributed by atoms with Gasteiger partial charge < -0.3 is 9.64 Å². The number of allylic oxidation sites excluding steroid dienone is 1. The van der Waals surface area contributed by atoms with Gasteiger partial charge in [-0.05, 0) is 26.3 Å². The van der Waals surface area contributed by atoms with Gasteiger partial charge in [0.25, 0.3) is 5.56 Å². The summed E-state index contributed by atoms with van der Waals surface area (Å²) in [5.74, 6) is 0.257. The maximum Gasteiger partial charge on any atom is 0.263 e. The summed E-state index contributed by atoms with van der Waals surface area (Å²) in [5, 5.41) is 3.15. The van der Waals surface area contributed by atoms with Crippen LogP contribution in [0.3, 0.4) is 0 Å². The first kappa shape index (κ1) is 22.8. The summed E-state index contributed by atoms with van der Waals surface area (Å²) in [6, 6.07) is 8.13. The minimum atomic E-state index is -0.102. The highest BCUT2D eigenvalue weighted by Gasteiger charge is 2.26. The van der Waals surface area contributed by atoms with Crippen LogP contribution in [0.5, 0.6) is 0 Å². The second-order valence-electron chi connectivity index (χ2n) is 8.14. The number of ether oxygens (including phenoxy) is 1. The number of thioether (sulfide) groups is 1. The van der Waals surface area contributed by atoms with Gasteiger partial charge in [0.1, 0.15) is 4.83 Å². The van der Waals surface area contributed by atoms with Crippen LogP contribution in [-0.2, 0) is 16.1 Å². The van der Waals surface area contributed by atoms with Gasteiger partial charge in [-0.25, -0.2) is 4.98 Å². The van der Waals surface area contributed by atoms with Gasteiger partial charge >= 0.3 is 0 Å². The van der Waals surface area contributed by atoms with Crippen molar-refractivity contribution in [3.05, 3.63) is 58.2 Å². The van der Waals surface area contributed by atoms with E-state index in [1.807, 2.05) is 55.3 Å². The standard InChI is InChI=1S/C24H27N3O3S2/c1-5-10-27-23(29)21-19(18-8-6-15(2)7-9-18)13-31-22(21)25-24(27)32-14-20(28)26-11-16(3)30-17(4)12-26/h5-9,13,16-17H,1,10-12,14H2,2-4H3/t16-,17-/m0/s1. The fraction of sp³-hybridized carbons (Fsp3) is 0.375. The molecule has 1 aromatic carbocycles. The fourth-order valence-electron chi connectivity index (χ4n) is 3.95. The minimum Gasteiger partial charge on any atom is -0.372 e. The number of fused-ring (bicyclic) bond motifs is 1. The number of morpholine rings is 1. The third-order valence-corrected chi connectivity index (χ3v) is 7.26. The number of aromatic nitrogens is 2. The maximum atomic E-state index is 13.5. The number of nitrogens with zero attached hydrogens (tertiary/aromatic N) is 3. The Morgan fingerprint density at radius 3 is 2.62 bits per heavy atom. The molecular formula is C24H27N3O3S2. The van der Waals surface area contributed by atoms with E-state index in [-0.39, 0.29) is 29.4 Å². The van der Waals surface area contributed by atoms with E-state index in [4.69, 9.17) is 9.72 Å². The number of rotatable bonds is 6. The van der Waals surface area contributed by atoms with Crippen molar-refractivity contribution in [2.24, 2.45) is 0 Å². The number of aryl methyl sites for hydroxylation is 1. The molecule has 2 aromatic heterocycles. The van der Waals surface area contributed by atoms with Gasteiger partial charge in [0.15, 0.2) is 5.16 Å². The monoisotopic (exact) mass is 469 g/mol. The summed E-state index contributed by atoms with van der Waals surface area (Å²) in [4.78, 5) is 33.6. The summed E-state index contributed by atoms with van der Waals surface area (Å²) in [7, 11) is 0. The van der Waals surface area contributed by atoms with Gasteiger partial charge in [-0.3, -0.25) is 14.2 Å². The van der Waals surface area contributed by atoms with Crippen LogP contribution in [0.1, 0.15) is 19.4 Å². The van der Waals surface area contributed by atoms with E-state index in [1.165, 1.54) is 28.7 Å². The molecule has 4 rings (SSSR count). The first-order valence-corrected chi connectivity index (χ1v) is 12.5. The van der Waals surface area contributed by atoms with E-state index < -0.39 is 0 Å². The third kappa shape index (κ3) is 4.67. The zero-order valence-corrected chi connectivity index (χ0v) is 20.2. The van der Waals surface area contributed by atoms with Gasteiger partial charge in [-0.2, -0.15) is 0 Å². The smallest absolute Gasteiger partial charge is 0.263 e. The largest absolute Gasteiger partial charge is 0.372 e. The van der Waals surface area contributed by atoms with Crippen molar-refractivity contribution in [2.45, 2.75) is 44.7 Å². The van der Waals surface area contributed by atoms with Crippen molar-refractivity contribution < 1.29 is 9.53 Å². The molecule has 0 bridgehead atoms. The van der Waals surface area contributed by atoms with Crippen molar-refractivity contribution in [3.8, 4) is 11.1 Å². The molecule has 1 saturated heterocycles. The first-order valence-electron chi connectivity index (χ1n) is 10.6. The molecule has 0 radical (unpaired) electrons. The van der Waals surface area contributed by atoms with E-state index in [0.717, 1.165) is 11.1 Å². The second-order valence-corrected chi connectivity index (χ2v) is 9.94. The molecule has 1 aliphatic heterocycles. The number of amides is 1. The van der Waals surface area contributed by atoms with Gasteiger partial charge in [-0.15, -0.1) is 17.9 Å². The third-order valence-electron chi connectivity index (χ3n) is 5.43.